The van der Waals surface area contributed by atoms with Crippen LogP contribution in [0.3, 0.4) is 0 Å². The normalized spacial score (nSPS) is 10.7. The highest BCUT2D eigenvalue weighted by atomic mass is 16.2. The van der Waals surface area contributed by atoms with E-state index in [0.717, 1.165) is 5.56 Å². The lowest BCUT2D eigenvalue weighted by Crippen LogP contribution is -2.39. The van der Waals surface area contributed by atoms with E-state index in [4.69, 9.17) is 5.73 Å². The highest BCUT2D eigenvalue weighted by molar-refractivity contribution is 5.94. The molecule has 0 aromatic heterocycles. The molecule has 1 aromatic rings. The van der Waals surface area contributed by atoms with Crippen LogP contribution in [-0.4, -0.2) is 24.4 Å². The molecule has 0 unspecified atom stereocenters. The van der Waals surface area contributed by atoms with Crippen molar-refractivity contribution >= 4 is 23.6 Å². The third-order valence-corrected chi connectivity index (χ3v) is 2.21. The van der Waals surface area contributed by atoms with Crippen molar-refractivity contribution in [3.8, 4) is 0 Å². The summed E-state index contributed by atoms with van der Waals surface area (Å²) in [5, 5.41) is 5.19. The molecule has 0 fully saturated rings. The zero-order chi connectivity index (χ0) is 14.3. The fraction of sp³-hybridized carbons (Fsp3) is 0.286. The van der Waals surface area contributed by atoms with Crippen molar-refractivity contribution in [1.29, 1.82) is 0 Å². The molecular weight excluding hydrogens is 242 g/mol. The molecule has 0 saturated heterocycles. The summed E-state index contributed by atoms with van der Waals surface area (Å²) in [6.45, 7) is 3.69. The topological polar surface area (TPSA) is 84.2 Å². The molecule has 102 valence electrons. The maximum atomic E-state index is 11.5. The fourth-order valence-electron chi connectivity index (χ4n) is 1.43. The van der Waals surface area contributed by atoms with E-state index >= 15 is 0 Å². The second kappa shape index (κ2) is 7.20. The lowest BCUT2D eigenvalue weighted by Gasteiger charge is -2.08. The largest absolute Gasteiger partial charge is 0.399 e. The van der Waals surface area contributed by atoms with Crippen LogP contribution in [0.1, 0.15) is 19.4 Å². The number of benzene rings is 1. The zero-order valence-electron chi connectivity index (χ0n) is 11.1. The maximum absolute atomic E-state index is 11.5. The van der Waals surface area contributed by atoms with Gasteiger partial charge in [0.05, 0.1) is 6.54 Å². The van der Waals surface area contributed by atoms with Gasteiger partial charge in [0.25, 0.3) is 0 Å². The molecule has 0 aliphatic carbocycles. The first kappa shape index (κ1) is 14.8. The molecule has 2 amide bonds. The van der Waals surface area contributed by atoms with Crippen molar-refractivity contribution in [3.63, 3.8) is 0 Å². The Kier molecular flexibility index (Phi) is 5.60. The van der Waals surface area contributed by atoms with E-state index in [1.165, 1.54) is 6.08 Å². The van der Waals surface area contributed by atoms with Gasteiger partial charge in [-0.15, -0.1) is 0 Å². The second-order valence-corrected chi connectivity index (χ2v) is 4.44. The monoisotopic (exact) mass is 261 g/mol. The third kappa shape index (κ3) is 6.26. The van der Waals surface area contributed by atoms with Gasteiger partial charge in [0, 0.05) is 17.8 Å². The van der Waals surface area contributed by atoms with E-state index in [-0.39, 0.29) is 24.4 Å². The van der Waals surface area contributed by atoms with Crippen LogP contribution in [0.15, 0.2) is 30.3 Å². The van der Waals surface area contributed by atoms with Gasteiger partial charge in [0.15, 0.2) is 0 Å². The summed E-state index contributed by atoms with van der Waals surface area (Å²) in [5.74, 6) is -0.526. The molecule has 1 rings (SSSR count). The lowest BCUT2D eigenvalue weighted by atomic mass is 10.2. The number of rotatable bonds is 5. The SMILES string of the molecule is CC(C)NC(=O)CNC(=O)/C=C/c1cccc(N)c1. The Morgan fingerprint density at radius 3 is 2.74 bits per heavy atom. The minimum absolute atomic E-state index is 0.0295. The molecule has 0 atom stereocenters. The minimum atomic E-state index is -0.318. The molecule has 0 saturated carbocycles. The molecule has 4 N–H and O–H groups in total. The van der Waals surface area contributed by atoms with Crippen LogP contribution in [-0.2, 0) is 9.59 Å². The number of carbonyl (C=O) groups excluding carboxylic acids is 2. The Hall–Kier alpha value is -2.30. The zero-order valence-corrected chi connectivity index (χ0v) is 11.1. The van der Waals surface area contributed by atoms with Crippen molar-refractivity contribution in [2.45, 2.75) is 19.9 Å². The van der Waals surface area contributed by atoms with Gasteiger partial charge in [-0.25, -0.2) is 0 Å². The summed E-state index contributed by atoms with van der Waals surface area (Å²) in [5.41, 5.74) is 7.10. The van der Waals surface area contributed by atoms with Gasteiger partial charge in [-0.1, -0.05) is 12.1 Å². The number of amides is 2. The van der Waals surface area contributed by atoms with Gasteiger partial charge in [-0.05, 0) is 37.6 Å². The van der Waals surface area contributed by atoms with Crippen LogP contribution in [0, 0.1) is 0 Å². The smallest absolute Gasteiger partial charge is 0.244 e. The Labute approximate surface area is 112 Å². The molecule has 0 heterocycles. The summed E-state index contributed by atoms with van der Waals surface area (Å²) < 4.78 is 0. The predicted octanol–water partition coefficient (Wildman–Crippen LogP) is 0.923. The number of anilines is 1. The second-order valence-electron chi connectivity index (χ2n) is 4.44. The number of nitrogens with one attached hydrogen (secondary N) is 2. The van der Waals surface area contributed by atoms with Crippen LogP contribution in [0.2, 0.25) is 0 Å². The molecule has 0 spiro atoms. The summed E-state index contributed by atoms with van der Waals surface area (Å²) in [6, 6.07) is 7.24. The number of nitrogen functional groups attached to an aromatic ring is 1. The van der Waals surface area contributed by atoms with Crippen molar-refractivity contribution < 1.29 is 9.59 Å². The van der Waals surface area contributed by atoms with E-state index in [9.17, 15) is 9.59 Å². The Morgan fingerprint density at radius 1 is 1.37 bits per heavy atom. The first-order chi connectivity index (χ1) is 8.97. The van der Waals surface area contributed by atoms with Crippen molar-refractivity contribution in [2.75, 3.05) is 12.3 Å². The summed E-state index contributed by atoms with van der Waals surface area (Å²) >= 11 is 0. The molecule has 1 aromatic carbocycles. The van der Waals surface area contributed by atoms with Gasteiger partial charge >= 0.3 is 0 Å². The van der Waals surface area contributed by atoms with E-state index < -0.39 is 0 Å². The molecule has 5 nitrogen and oxygen atoms in total. The van der Waals surface area contributed by atoms with Crippen molar-refractivity contribution in [3.05, 3.63) is 35.9 Å². The average Bonchev–Trinajstić information content (AvgIpc) is 2.33. The number of carbonyl (C=O) groups is 2. The Morgan fingerprint density at radius 2 is 2.11 bits per heavy atom. The van der Waals surface area contributed by atoms with Crippen molar-refractivity contribution in [2.24, 2.45) is 0 Å². The lowest BCUT2D eigenvalue weighted by molar-refractivity contribution is -0.124. The standard InChI is InChI=1S/C14H19N3O2/c1-10(2)17-14(19)9-16-13(18)7-6-11-4-3-5-12(15)8-11/h3-8,10H,9,15H2,1-2H3,(H,16,18)(H,17,19)/b7-6+. The minimum Gasteiger partial charge on any atom is -0.399 e. The molecule has 0 aliphatic heterocycles. The van der Waals surface area contributed by atoms with Crippen LogP contribution < -0.4 is 16.4 Å². The quantitative estimate of drug-likeness (QED) is 0.544. The molecule has 0 radical (unpaired) electrons. The highest BCUT2D eigenvalue weighted by Crippen LogP contribution is 2.07. The Balaban J connectivity index is 2.41. The molecule has 19 heavy (non-hydrogen) atoms. The van der Waals surface area contributed by atoms with Crippen LogP contribution in [0.4, 0.5) is 5.69 Å². The van der Waals surface area contributed by atoms with E-state index in [0.29, 0.717) is 5.69 Å². The fourth-order valence-corrected chi connectivity index (χ4v) is 1.43. The molecule has 0 aliphatic rings. The summed E-state index contributed by atoms with van der Waals surface area (Å²) in [7, 11) is 0. The average molecular weight is 261 g/mol. The number of hydrogen-bond acceptors (Lipinski definition) is 3. The molecule has 5 heteroatoms. The van der Waals surface area contributed by atoms with Crippen LogP contribution in [0.25, 0.3) is 6.08 Å². The first-order valence-corrected chi connectivity index (χ1v) is 6.08. The van der Waals surface area contributed by atoms with Gasteiger partial charge < -0.3 is 16.4 Å². The third-order valence-electron chi connectivity index (χ3n) is 2.21. The Bertz CT molecular complexity index is 481. The van der Waals surface area contributed by atoms with Gasteiger partial charge in [-0.2, -0.15) is 0 Å². The predicted molar refractivity (Wildman–Crippen MR) is 76.2 cm³/mol. The van der Waals surface area contributed by atoms with E-state index in [1.54, 1.807) is 18.2 Å². The van der Waals surface area contributed by atoms with Crippen LogP contribution >= 0.6 is 0 Å². The highest BCUT2D eigenvalue weighted by Gasteiger charge is 2.03. The first-order valence-electron chi connectivity index (χ1n) is 6.08. The summed E-state index contributed by atoms with van der Waals surface area (Å²) in [4.78, 5) is 22.8. The van der Waals surface area contributed by atoms with E-state index in [2.05, 4.69) is 10.6 Å². The van der Waals surface area contributed by atoms with E-state index in [1.807, 2.05) is 26.0 Å². The van der Waals surface area contributed by atoms with Gasteiger partial charge in [-0.3, -0.25) is 9.59 Å². The maximum Gasteiger partial charge on any atom is 0.244 e. The summed E-state index contributed by atoms with van der Waals surface area (Å²) in [6.07, 6.45) is 3.02. The van der Waals surface area contributed by atoms with Gasteiger partial charge in [0.1, 0.15) is 0 Å². The van der Waals surface area contributed by atoms with Gasteiger partial charge in [0.2, 0.25) is 11.8 Å². The number of hydrogen-bond donors (Lipinski definition) is 3. The molecule has 0 bridgehead atoms. The molecular formula is C14H19N3O2. The van der Waals surface area contributed by atoms with Crippen LogP contribution in [0.5, 0.6) is 0 Å². The van der Waals surface area contributed by atoms with Crippen molar-refractivity contribution in [1.82, 2.24) is 10.6 Å². The number of nitrogens with two attached hydrogens (primary N) is 1.